The van der Waals surface area contributed by atoms with Crippen LogP contribution in [-0.4, -0.2) is 39.7 Å². The number of aliphatic hydroxyl groups is 1. The van der Waals surface area contributed by atoms with Crippen molar-refractivity contribution < 1.29 is 19.6 Å². The Morgan fingerprint density at radius 3 is 2.42 bits per heavy atom. The molecule has 0 radical (unpaired) electrons. The standard InChI is InChI=1S/C28H25ClN2O5/c29-21-9-7-20(8-10-21)28(18-36-24-15-13-23(32)14-16-24)26-4-2-1-3-25(26)27(33)30(28)17-19-5-11-22(12-6-19)31(34)35/h1-13,15,23-24,32H,14,16-18H2/t23-,24-,28?/m1/s1. The number of hydrogen-bond donors (Lipinski definition) is 1. The Labute approximate surface area is 213 Å². The van der Waals surface area contributed by atoms with Crippen LogP contribution in [0.5, 0.6) is 0 Å². The monoisotopic (exact) mass is 504 g/mol. The molecule has 0 saturated carbocycles. The number of non-ortho nitro benzene ring substituents is 1. The summed E-state index contributed by atoms with van der Waals surface area (Å²) in [7, 11) is 0. The minimum Gasteiger partial charge on any atom is -0.389 e. The van der Waals surface area contributed by atoms with Crippen LogP contribution in [-0.2, 0) is 16.8 Å². The maximum Gasteiger partial charge on any atom is 0.269 e. The van der Waals surface area contributed by atoms with Crippen LogP contribution in [0.25, 0.3) is 0 Å². The number of rotatable bonds is 7. The zero-order chi connectivity index (χ0) is 25.3. The van der Waals surface area contributed by atoms with Crippen molar-refractivity contribution in [2.24, 2.45) is 0 Å². The molecule has 1 aliphatic heterocycles. The number of amides is 1. The van der Waals surface area contributed by atoms with E-state index in [1.807, 2.05) is 42.5 Å². The first-order valence-corrected chi connectivity index (χ1v) is 12.1. The second-order valence-electron chi connectivity index (χ2n) is 9.11. The molecule has 8 heteroatoms. The van der Waals surface area contributed by atoms with Crippen molar-refractivity contribution in [2.75, 3.05) is 6.61 Å². The topological polar surface area (TPSA) is 92.9 Å². The molecule has 1 amide bonds. The highest BCUT2D eigenvalue weighted by Crippen LogP contribution is 2.46. The van der Waals surface area contributed by atoms with Crippen molar-refractivity contribution in [3.05, 3.63) is 122 Å². The Morgan fingerprint density at radius 1 is 1.03 bits per heavy atom. The van der Waals surface area contributed by atoms with Gasteiger partial charge >= 0.3 is 0 Å². The summed E-state index contributed by atoms with van der Waals surface area (Å²) in [6.07, 6.45) is 4.23. The quantitative estimate of drug-likeness (QED) is 0.270. The maximum absolute atomic E-state index is 13.8. The minimum atomic E-state index is -0.941. The molecular formula is C28H25ClN2O5. The van der Waals surface area contributed by atoms with Gasteiger partial charge in [0.15, 0.2) is 0 Å². The number of nitrogens with zero attached hydrogens (tertiary/aromatic N) is 2. The Kier molecular flexibility index (Phi) is 6.62. The molecule has 184 valence electrons. The lowest BCUT2D eigenvalue weighted by molar-refractivity contribution is -0.384. The van der Waals surface area contributed by atoms with Gasteiger partial charge in [0.25, 0.3) is 11.6 Å². The molecule has 3 atom stereocenters. The lowest BCUT2D eigenvalue weighted by atomic mass is 9.83. The summed E-state index contributed by atoms with van der Waals surface area (Å²) in [5.41, 5.74) is 2.09. The molecule has 1 N–H and O–H groups in total. The molecule has 0 fully saturated rings. The summed E-state index contributed by atoms with van der Waals surface area (Å²) in [6.45, 7) is 0.423. The zero-order valence-electron chi connectivity index (χ0n) is 19.4. The van der Waals surface area contributed by atoms with Gasteiger partial charge in [-0.25, -0.2) is 0 Å². The summed E-state index contributed by atoms with van der Waals surface area (Å²) < 4.78 is 6.41. The van der Waals surface area contributed by atoms with E-state index in [-0.39, 0.29) is 30.9 Å². The third kappa shape index (κ3) is 4.41. The summed E-state index contributed by atoms with van der Waals surface area (Å²) >= 11 is 6.21. The molecule has 3 aromatic rings. The molecule has 3 aromatic carbocycles. The van der Waals surface area contributed by atoms with Gasteiger partial charge < -0.3 is 14.7 Å². The number of hydrogen-bond acceptors (Lipinski definition) is 5. The molecule has 1 unspecified atom stereocenters. The van der Waals surface area contributed by atoms with Gasteiger partial charge in [-0.15, -0.1) is 0 Å². The number of carbonyl (C=O) groups is 1. The van der Waals surface area contributed by atoms with E-state index < -0.39 is 16.6 Å². The fourth-order valence-corrected chi connectivity index (χ4v) is 5.15. The van der Waals surface area contributed by atoms with Crippen molar-refractivity contribution in [1.82, 2.24) is 4.90 Å². The van der Waals surface area contributed by atoms with E-state index >= 15 is 0 Å². The molecule has 1 aliphatic carbocycles. The molecule has 36 heavy (non-hydrogen) atoms. The van der Waals surface area contributed by atoms with Crippen LogP contribution >= 0.6 is 11.6 Å². The van der Waals surface area contributed by atoms with Crippen LogP contribution in [0.2, 0.25) is 5.02 Å². The van der Waals surface area contributed by atoms with Crippen molar-refractivity contribution in [1.29, 1.82) is 0 Å². The van der Waals surface area contributed by atoms with Crippen LogP contribution in [0.15, 0.2) is 84.9 Å². The molecule has 5 rings (SSSR count). The Balaban J connectivity index is 1.59. The van der Waals surface area contributed by atoms with E-state index in [1.165, 1.54) is 12.1 Å². The molecule has 0 bridgehead atoms. The van der Waals surface area contributed by atoms with E-state index in [2.05, 4.69) is 0 Å². The van der Waals surface area contributed by atoms with E-state index in [1.54, 1.807) is 35.2 Å². The SMILES string of the molecule is O=C1c2ccccc2C(CO[C@@H]2C=C[C@@H](O)CC2)(c2ccc(Cl)cc2)N1Cc1ccc([N+](=O)[O-])cc1. The van der Waals surface area contributed by atoms with Gasteiger partial charge in [0.1, 0.15) is 5.54 Å². The number of aliphatic hydroxyl groups excluding tert-OH is 1. The predicted molar refractivity (Wildman–Crippen MR) is 136 cm³/mol. The van der Waals surface area contributed by atoms with Gasteiger partial charge in [-0.05, 0) is 47.7 Å². The smallest absolute Gasteiger partial charge is 0.269 e. The Bertz CT molecular complexity index is 1310. The normalized spacial score (nSPS) is 23.1. The molecule has 7 nitrogen and oxygen atoms in total. The molecule has 0 spiro atoms. The second kappa shape index (κ2) is 9.85. The maximum atomic E-state index is 13.8. The summed E-state index contributed by atoms with van der Waals surface area (Å²) in [5, 5.41) is 21.5. The van der Waals surface area contributed by atoms with Crippen molar-refractivity contribution in [3.63, 3.8) is 0 Å². The van der Waals surface area contributed by atoms with Crippen molar-refractivity contribution in [2.45, 2.75) is 37.1 Å². The van der Waals surface area contributed by atoms with Gasteiger partial charge in [0.05, 0.1) is 23.7 Å². The third-order valence-electron chi connectivity index (χ3n) is 6.92. The van der Waals surface area contributed by atoms with E-state index in [0.29, 0.717) is 23.4 Å². The Morgan fingerprint density at radius 2 is 1.75 bits per heavy atom. The van der Waals surface area contributed by atoms with Crippen LogP contribution in [0.4, 0.5) is 5.69 Å². The number of benzene rings is 3. The lowest BCUT2D eigenvalue weighted by Gasteiger charge is -2.41. The first kappa shape index (κ1) is 24.2. The Hall–Kier alpha value is -3.52. The fraction of sp³-hybridized carbons (Fsp3) is 0.250. The summed E-state index contributed by atoms with van der Waals surface area (Å²) in [4.78, 5) is 26.3. The predicted octanol–water partition coefficient (Wildman–Crippen LogP) is 5.24. The highest BCUT2D eigenvalue weighted by molar-refractivity contribution is 6.30. The largest absolute Gasteiger partial charge is 0.389 e. The average Bonchev–Trinajstić information content (AvgIpc) is 3.13. The lowest BCUT2D eigenvalue weighted by Crippen LogP contribution is -2.48. The molecule has 0 saturated heterocycles. The van der Waals surface area contributed by atoms with E-state index in [4.69, 9.17) is 16.3 Å². The van der Waals surface area contributed by atoms with Crippen LogP contribution in [0.1, 0.15) is 39.9 Å². The van der Waals surface area contributed by atoms with Gasteiger partial charge in [-0.2, -0.15) is 0 Å². The van der Waals surface area contributed by atoms with Crippen LogP contribution in [0, 0.1) is 10.1 Å². The highest BCUT2D eigenvalue weighted by atomic mass is 35.5. The molecular weight excluding hydrogens is 480 g/mol. The first-order valence-electron chi connectivity index (χ1n) is 11.8. The second-order valence-corrected chi connectivity index (χ2v) is 9.54. The third-order valence-corrected chi connectivity index (χ3v) is 7.17. The number of fused-ring (bicyclic) bond motifs is 1. The number of carbonyl (C=O) groups excluding carboxylic acids is 1. The molecule has 0 aromatic heterocycles. The van der Waals surface area contributed by atoms with E-state index in [9.17, 15) is 20.0 Å². The molecule has 2 aliphatic rings. The van der Waals surface area contributed by atoms with Gasteiger partial charge in [-0.3, -0.25) is 14.9 Å². The first-order chi connectivity index (χ1) is 17.4. The number of ether oxygens (including phenoxy) is 1. The van der Waals surface area contributed by atoms with Gasteiger partial charge in [-0.1, -0.05) is 66.2 Å². The van der Waals surface area contributed by atoms with Gasteiger partial charge in [0.2, 0.25) is 0 Å². The van der Waals surface area contributed by atoms with E-state index in [0.717, 1.165) is 16.7 Å². The summed E-state index contributed by atoms with van der Waals surface area (Å²) in [6, 6.07) is 21.2. The number of nitro benzene ring substituents is 1. The van der Waals surface area contributed by atoms with Crippen LogP contribution < -0.4 is 0 Å². The zero-order valence-corrected chi connectivity index (χ0v) is 20.2. The number of halogens is 1. The van der Waals surface area contributed by atoms with Crippen molar-refractivity contribution in [3.8, 4) is 0 Å². The van der Waals surface area contributed by atoms with Crippen molar-refractivity contribution >= 4 is 23.2 Å². The number of nitro groups is 1. The fourth-order valence-electron chi connectivity index (χ4n) is 5.03. The van der Waals surface area contributed by atoms with Crippen LogP contribution in [0.3, 0.4) is 0 Å². The van der Waals surface area contributed by atoms with Gasteiger partial charge in [0, 0.05) is 29.3 Å². The average molecular weight is 505 g/mol. The summed E-state index contributed by atoms with van der Waals surface area (Å²) in [5.74, 6) is -0.142. The molecule has 1 heterocycles. The highest BCUT2D eigenvalue weighted by Gasteiger charge is 2.51. The minimum absolute atomic E-state index is 0.00615.